The van der Waals surface area contributed by atoms with Crippen LogP contribution in [0.15, 0.2) is 0 Å². The first-order valence-corrected chi connectivity index (χ1v) is 7.16. The number of hydrogen-bond acceptors (Lipinski definition) is 5. The number of carboxylic acids is 1. The Morgan fingerprint density at radius 3 is 2.58 bits per heavy atom. The van der Waals surface area contributed by atoms with E-state index in [1.807, 2.05) is 6.92 Å². The van der Waals surface area contributed by atoms with E-state index in [4.69, 9.17) is 0 Å². The molecular formula is C12H17N3O3S. The topological polar surface area (TPSA) is 92.2 Å². The molecule has 1 aliphatic rings. The maximum absolute atomic E-state index is 12.2. The molecule has 3 unspecified atom stereocenters. The van der Waals surface area contributed by atoms with E-state index in [2.05, 4.69) is 15.5 Å². The number of nitrogens with one attached hydrogen (secondary N) is 1. The first-order valence-electron chi connectivity index (χ1n) is 6.35. The van der Waals surface area contributed by atoms with Gasteiger partial charge < -0.3 is 10.4 Å². The summed E-state index contributed by atoms with van der Waals surface area (Å²) in [6.45, 7) is 3.83. The number of aliphatic carboxylic acids is 1. The standard InChI is InChI=1S/C12H17N3O3S/c1-3-7-4-8(9(5-7)11(17)18)10(16)13-12-15-14-6(2)19-12/h7-9H,3-5H2,1-2H3,(H,17,18)(H,13,15,16). The van der Waals surface area contributed by atoms with Crippen molar-refractivity contribution in [2.75, 3.05) is 5.32 Å². The molecular weight excluding hydrogens is 266 g/mol. The van der Waals surface area contributed by atoms with Gasteiger partial charge >= 0.3 is 5.97 Å². The Morgan fingerprint density at radius 1 is 1.37 bits per heavy atom. The van der Waals surface area contributed by atoms with Crippen molar-refractivity contribution in [3.8, 4) is 0 Å². The summed E-state index contributed by atoms with van der Waals surface area (Å²) in [5.74, 6) is -1.87. The third-order valence-electron chi connectivity index (χ3n) is 3.65. The first-order chi connectivity index (χ1) is 9.01. The lowest BCUT2D eigenvalue weighted by atomic mass is 9.95. The normalized spacial score (nSPS) is 26.3. The van der Waals surface area contributed by atoms with Gasteiger partial charge in [-0.1, -0.05) is 24.7 Å². The predicted octanol–water partition coefficient (Wildman–Crippen LogP) is 1.92. The molecule has 1 fully saturated rings. The van der Waals surface area contributed by atoms with Crippen molar-refractivity contribution < 1.29 is 14.7 Å². The van der Waals surface area contributed by atoms with Crippen molar-refractivity contribution in [1.29, 1.82) is 0 Å². The summed E-state index contributed by atoms with van der Waals surface area (Å²) >= 11 is 1.29. The van der Waals surface area contributed by atoms with Crippen molar-refractivity contribution in [1.82, 2.24) is 10.2 Å². The lowest BCUT2D eigenvalue weighted by Gasteiger charge is -2.13. The summed E-state index contributed by atoms with van der Waals surface area (Å²) in [6.07, 6.45) is 2.13. The molecule has 0 bridgehead atoms. The van der Waals surface area contributed by atoms with E-state index in [0.717, 1.165) is 11.4 Å². The van der Waals surface area contributed by atoms with Crippen LogP contribution in [0.1, 0.15) is 31.2 Å². The van der Waals surface area contributed by atoms with E-state index in [0.29, 0.717) is 23.9 Å². The van der Waals surface area contributed by atoms with E-state index >= 15 is 0 Å². The van der Waals surface area contributed by atoms with Crippen molar-refractivity contribution in [3.63, 3.8) is 0 Å². The van der Waals surface area contributed by atoms with Crippen LogP contribution in [0.5, 0.6) is 0 Å². The van der Waals surface area contributed by atoms with Gasteiger partial charge in [0, 0.05) is 0 Å². The molecule has 6 nitrogen and oxygen atoms in total. The number of anilines is 1. The molecule has 7 heteroatoms. The van der Waals surface area contributed by atoms with E-state index in [1.54, 1.807) is 6.92 Å². The molecule has 1 aromatic rings. The molecule has 1 saturated carbocycles. The number of rotatable bonds is 4. The fourth-order valence-corrected chi connectivity index (χ4v) is 3.18. The molecule has 2 rings (SSSR count). The van der Waals surface area contributed by atoms with E-state index in [-0.39, 0.29) is 5.91 Å². The van der Waals surface area contributed by atoms with Gasteiger partial charge in [0.2, 0.25) is 11.0 Å². The Balaban J connectivity index is 2.06. The average Bonchev–Trinajstić information content (AvgIpc) is 2.95. The van der Waals surface area contributed by atoms with Gasteiger partial charge in [0.05, 0.1) is 11.8 Å². The maximum atomic E-state index is 12.2. The number of carbonyl (C=O) groups is 2. The summed E-state index contributed by atoms with van der Waals surface area (Å²) in [5, 5.41) is 20.7. The van der Waals surface area contributed by atoms with Crippen LogP contribution in [0.4, 0.5) is 5.13 Å². The molecule has 1 amide bonds. The first kappa shape index (κ1) is 13.9. The van der Waals surface area contributed by atoms with E-state index in [1.165, 1.54) is 11.3 Å². The lowest BCUT2D eigenvalue weighted by molar-refractivity contribution is -0.145. The zero-order chi connectivity index (χ0) is 14.0. The highest BCUT2D eigenvalue weighted by Gasteiger charge is 2.42. The molecule has 19 heavy (non-hydrogen) atoms. The molecule has 0 aromatic carbocycles. The van der Waals surface area contributed by atoms with Crippen molar-refractivity contribution in [3.05, 3.63) is 5.01 Å². The fourth-order valence-electron chi connectivity index (χ4n) is 2.58. The number of aryl methyl sites for hydroxylation is 1. The number of carbonyl (C=O) groups excluding carboxylic acids is 1. The molecule has 0 radical (unpaired) electrons. The van der Waals surface area contributed by atoms with Gasteiger partial charge in [-0.25, -0.2) is 0 Å². The summed E-state index contributed by atoms with van der Waals surface area (Å²) < 4.78 is 0. The molecule has 1 heterocycles. The van der Waals surface area contributed by atoms with Crippen LogP contribution in [0.2, 0.25) is 0 Å². The Bertz CT molecular complexity index is 488. The number of amides is 1. The van der Waals surface area contributed by atoms with Crippen LogP contribution in [0.25, 0.3) is 0 Å². The Hall–Kier alpha value is -1.50. The van der Waals surface area contributed by atoms with Gasteiger partial charge in [-0.2, -0.15) is 0 Å². The average molecular weight is 283 g/mol. The molecule has 3 atom stereocenters. The highest BCUT2D eigenvalue weighted by atomic mass is 32.1. The minimum Gasteiger partial charge on any atom is -0.481 e. The van der Waals surface area contributed by atoms with Gasteiger partial charge in [-0.3, -0.25) is 9.59 Å². The SMILES string of the molecule is CCC1CC(C(=O)O)C(C(=O)Nc2nnc(C)s2)C1. The fraction of sp³-hybridized carbons (Fsp3) is 0.667. The number of aromatic nitrogens is 2. The molecule has 0 aliphatic heterocycles. The minimum absolute atomic E-state index is 0.250. The van der Waals surface area contributed by atoms with E-state index in [9.17, 15) is 14.7 Å². The third-order valence-corrected chi connectivity index (χ3v) is 4.40. The van der Waals surface area contributed by atoms with Crippen LogP contribution < -0.4 is 5.32 Å². The Labute approximate surface area is 115 Å². The smallest absolute Gasteiger partial charge is 0.307 e. The Morgan fingerprint density at radius 2 is 2.05 bits per heavy atom. The monoisotopic (exact) mass is 283 g/mol. The Kier molecular flexibility index (Phi) is 4.14. The summed E-state index contributed by atoms with van der Waals surface area (Å²) in [7, 11) is 0. The summed E-state index contributed by atoms with van der Waals surface area (Å²) in [6, 6.07) is 0. The third kappa shape index (κ3) is 3.09. The molecule has 2 N–H and O–H groups in total. The van der Waals surface area contributed by atoms with Crippen LogP contribution in [-0.4, -0.2) is 27.2 Å². The molecule has 104 valence electrons. The van der Waals surface area contributed by atoms with Crippen LogP contribution in [-0.2, 0) is 9.59 Å². The quantitative estimate of drug-likeness (QED) is 0.880. The molecule has 1 aromatic heterocycles. The van der Waals surface area contributed by atoms with Crippen molar-refractivity contribution in [2.45, 2.75) is 33.1 Å². The maximum Gasteiger partial charge on any atom is 0.307 e. The van der Waals surface area contributed by atoms with Gasteiger partial charge in [0.1, 0.15) is 5.01 Å². The largest absolute Gasteiger partial charge is 0.481 e. The van der Waals surface area contributed by atoms with E-state index < -0.39 is 17.8 Å². The van der Waals surface area contributed by atoms with Crippen LogP contribution in [0, 0.1) is 24.7 Å². The van der Waals surface area contributed by atoms with Gasteiger partial charge in [-0.05, 0) is 25.7 Å². The molecule has 0 spiro atoms. The second-order valence-electron chi connectivity index (χ2n) is 4.91. The van der Waals surface area contributed by atoms with Gasteiger partial charge in [-0.15, -0.1) is 10.2 Å². The van der Waals surface area contributed by atoms with Gasteiger partial charge in [0.15, 0.2) is 0 Å². The number of hydrogen-bond donors (Lipinski definition) is 2. The predicted molar refractivity (Wildman–Crippen MR) is 70.9 cm³/mol. The van der Waals surface area contributed by atoms with Crippen LogP contribution >= 0.6 is 11.3 Å². The zero-order valence-electron chi connectivity index (χ0n) is 10.9. The number of nitrogens with zero attached hydrogens (tertiary/aromatic N) is 2. The minimum atomic E-state index is -0.885. The molecule has 0 saturated heterocycles. The van der Waals surface area contributed by atoms with Crippen molar-refractivity contribution >= 4 is 28.3 Å². The second kappa shape index (κ2) is 5.64. The van der Waals surface area contributed by atoms with Crippen LogP contribution in [0.3, 0.4) is 0 Å². The number of carboxylic acid groups (broad SMARTS) is 1. The lowest BCUT2D eigenvalue weighted by Crippen LogP contribution is -2.29. The highest BCUT2D eigenvalue weighted by Crippen LogP contribution is 2.39. The highest BCUT2D eigenvalue weighted by molar-refractivity contribution is 7.15. The zero-order valence-corrected chi connectivity index (χ0v) is 11.7. The summed E-state index contributed by atoms with van der Waals surface area (Å²) in [4.78, 5) is 23.4. The summed E-state index contributed by atoms with van der Waals surface area (Å²) in [5.41, 5.74) is 0. The van der Waals surface area contributed by atoms with Crippen molar-refractivity contribution in [2.24, 2.45) is 17.8 Å². The molecule has 1 aliphatic carbocycles. The second-order valence-corrected chi connectivity index (χ2v) is 6.09. The van der Waals surface area contributed by atoms with Gasteiger partial charge in [0.25, 0.3) is 0 Å².